The van der Waals surface area contributed by atoms with E-state index in [9.17, 15) is 4.39 Å². The SMILES string of the molecule is CCC(CC(N)=NO)NCc1ccc(F)c(Cl)c1. The molecule has 0 bridgehead atoms. The molecular formula is C12H17ClFN3O. The summed E-state index contributed by atoms with van der Waals surface area (Å²) in [5.41, 5.74) is 6.34. The average molecular weight is 274 g/mol. The zero-order valence-electron chi connectivity index (χ0n) is 10.2. The van der Waals surface area contributed by atoms with Crippen LogP contribution in [0, 0.1) is 5.82 Å². The Morgan fingerprint density at radius 3 is 2.89 bits per heavy atom. The topological polar surface area (TPSA) is 70.6 Å². The normalized spacial score (nSPS) is 13.6. The number of nitrogens with zero attached hydrogens (tertiary/aromatic N) is 1. The molecule has 4 nitrogen and oxygen atoms in total. The van der Waals surface area contributed by atoms with Gasteiger partial charge in [-0.15, -0.1) is 0 Å². The van der Waals surface area contributed by atoms with Crippen LogP contribution in [0.3, 0.4) is 0 Å². The molecule has 18 heavy (non-hydrogen) atoms. The van der Waals surface area contributed by atoms with Crippen LogP contribution < -0.4 is 11.1 Å². The van der Waals surface area contributed by atoms with Gasteiger partial charge in [0.1, 0.15) is 11.7 Å². The van der Waals surface area contributed by atoms with Gasteiger partial charge in [0, 0.05) is 19.0 Å². The van der Waals surface area contributed by atoms with Crippen molar-refractivity contribution < 1.29 is 9.60 Å². The fourth-order valence-electron chi connectivity index (χ4n) is 1.57. The molecule has 100 valence electrons. The second-order valence-electron chi connectivity index (χ2n) is 4.03. The van der Waals surface area contributed by atoms with Crippen molar-refractivity contribution in [2.24, 2.45) is 10.9 Å². The van der Waals surface area contributed by atoms with Gasteiger partial charge in [-0.05, 0) is 24.1 Å². The van der Waals surface area contributed by atoms with Crippen molar-refractivity contribution in [2.45, 2.75) is 32.4 Å². The predicted molar refractivity (Wildman–Crippen MR) is 70.4 cm³/mol. The minimum atomic E-state index is -0.427. The Kier molecular flexibility index (Phi) is 5.88. The first-order chi connectivity index (χ1) is 8.56. The highest BCUT2D eigenvalue weighted by atomic mass is 35.5. The number of halogens is 2. The molecule has 1 unspecified atom stereocenters. The maximum atomic E-state index is 13.0. The minimum Gasteiger partial charge on any atom is -0.409 e. The van der Waals surface area contributed by atoms with Gasteiger partial charge in [-0.1, -0.05) is 29.7 Å². The first-order valence-corrected chi connectivity index (χ1v) is 6.08. The predicted octanol–water partition coefficient (Wildman–Crippen LogP) is 2.48. The van der Waals surface area contributed by atoms with Crippen LogP contribution in [0.4, 0.5) is 4.39 Å². The molecule has 0 fully saturated rings. The summed E-state index contributed by atoms with van der Waals surface area (Å²) < 4.78 is 13.0. The molecule has 0 saturated carbocycles. The van der Waals surface area contributed by atoms with Gasteiger partial charge >= 0.3 is 0 Å². The highest BCUT2D eigenvalue weighted by molar-refractivity contribution is 6.30. The Balaban J connectivity index is 2.54. The van der Waals surface area contributed by atoms with Gasteiger partial charge in [0.2, 0.25) is 0 Å². The number of amidine groups is 1. The number of hydrogen-bond acceptors (Lipinski definition) is 3. The molecule has 0 aliphatic heterocycles. The third-order valence-corrected chi connectivity index (χ3v) is 2.95. The van der Waals surface area contributed by atoms with E-state index >= 15 is 0 Å². The van der Waals surface area contributed by atoms with E-state index < -0.39 is 5.82 Å². The first-order valence-electron chi connectivity index (χ1n) is 5.70. The van der Waals surface area contributed by atoms with Crippen molar-refractivity contribution in [1.82, 2.24) is 5.32 Å². The molecule has 0 aliphatic rings. The lowest BCUT2D eigenvalue weighted by atomic mass is 10.1. The van der Waals surface area contributed by atoms with Crippen molar-refractivity contribution in [2.75, 3.05) is 0 Å². The molecule has 0 saturated heterocycles. The van der Waals surface area contributed by atoms with E-state index in [1.165, 1.54) is 6.07 Å². The highest BCUT2D eigenvalue weighted by Crippen LogP contribution is 2.16. The monoisotopic (exact) mass is 273 g/mol. The Morgan fingerprint density at radius 2 is 2.33 bits per heavy atom. The summed E-state index contributed by atoms with van der Waals surface area (Å²) in [5, 5.41) is 14.8. The van der Waals surface area contributed by atoms with Crippen molar-refractivity contribution in [1.29, 1.82) is 0 Å². The fourth-order valence-corrected chi connectivity index (χ4v) is 1.77. The number of benzene rings is 1. The summed E-state index contributed by atoms with van der Waals surface area (Å²) in [7, 11) is 0. The largest absolute Gasteiger partial charge is 0.409 e. The second-order valence-corrected chi connectivity index (χ2v) is 4.44. The number of oxime groups is 1. The summed E-state index contributed by atoms with van der Waals surface area (Å²) >= 11 is 5.69. The number of hydrogen-bond donors (Lipinski definition) is 3. The third kappa shape index (κ3) is 4.50. The molecule has 0 aromatic heterocycles. The van der Waals surface area contributed by atoms with Crippen LogP contribution in [-0.2, 0) is 6.54 Å². The molecule has 1 rings (SSSR count). The van der Waals surface area contributed by atoms with Crippen LogP contribution in [0.25, 0.3) is 0 Å². The molecule has 0 aliphatic carbocycles. The summed E-state index contributed by atoms with van der Waals surface area (Å²) in [6.45, 7) is 2.55. The Labute approximate surface area is 111 Å². The number of nitrogens with two attached hydrogens (primary N) is 1. The van der Waals surface area contributed by atoms with E-state index in [1.807, 2.05) is 6.92 Å². The lowest BCUT2D eigenvalue weighted by Gasteiger charge is -2.16. The zero-order chi connectivity index (χ0) is 13.5. The molecule has 0 amide bonds. The molecule has 0 spiro atoms. The van der Waals surface area contributed by atoms with Crippen LogP contribution in [-0.4, -0.2) is 17.1 Å². The van der Waals surface area contributed by atoms with E-state index in [1.54, 1.807) is 12.1 Å². The molecule has 0 radical (unpaired) electrons. The van der Waals surface area contributed by atoms with Crippen molar-refractivity contribution in [3.8, 4) is 0 Å². The lowest BCUT2D eigenvalue weighted by Crippen LogP contribution is -2.32. The average Bonchev–Trinajstić information content (AvgIpc) is 2.38. The van der Waals surface area contributed by atoms with Crippen LogP contribution in [0.5, 0.6) is 0 Å². The van der Waals surface area contributed by atoms with Gasteiger partial charge in [-0.2, -0.15) is 0 Å². The third-order valence-electron chi connectivity index (χ3n) is 2.66. The van der Waals surface area contributed by atoms with Crippen LogP contribution in [0.2, 0.25) is 5.02 Å². The van der Waals surface area contributed by atoms with E-state index in [-0.39, 0.29) is 16.9 Å². The van der Waals surface area contributed by atoms with E-state index in [2.05, 4.69) is 10.5 Å². The van der Waals surface area contributed by atoms with Crippen LogP contribution >= 0.6 is 11.6 Å². The van der Waals surface area contributed by atoms with Gasteiger partial charge in [-0.3, -0.25) is 0 Å². The van der Waals surface area contributed by atoms with E-state index in [0.717, 1.165) is 12.0 Å². The molecule has 1 atom stereocenters. The van der Waals surface area contributed by atoms with Crippen molar-refractivity contribution >= 4 is 17.4 Å². The smallest absolute Gasteiger partial charge is 0.141 e. The van der Waals surface area contributed by atoms with Gasteiger partial charge in [0.25, 0.3) is 0 Å². The molecule has 1 aromatic carbocycles. The number of rotatable bonds is 6. The van der Waals surface area contributed by atoms with Crippen LogP contribution in [0.15, 0.2) is 23.4 Å². The molecule has 6 heteroatoms. The minimum absolute atomic E-state index is 0.102. The Hall–Kier alpha value is -1.33. The Bertz CT molecular complexity index is 426. The first kappa shape index (κ1) is 14.7. The van der Waals surface area contributed by atoms with E-state index in [4.69, 9.17) is 22.5 Å². The lowest BCUT2D eigenvalue weighted by molar-refractivity contribution is 0.315. The molecular weight excluding hydrogens is 257 g/mol. The van der Waals surface area contributed by atoms with Crippen LogP contribution in [0.1, 0.15) is 25.3 Å². The quantitative estimate of drug-likeness (QED) is 0.323. The summed E-state index contributed by atoms with van der Waals surface area (Å²) in [6, 6.07) is 4.69. The standard InChI is InChI=1S/C12H17ClFN3O/c1-2-9(6-12(15)17-18)16-7-8-3-4-11(14)10(13)5-8/h3-5,9,16,18H,2,6-7H2,1H3,(H2,15,17). The van der Waals surface area contributed by atoms with Gasteiger partial charge in [-0.25, -0.2) is 4.39 Å². The molecule has 4 N–H and O–H groups in total. The molecule has 1 aromatic rings. The maximum absolute atomic E-state index is 13.0. The fraction of sp³-hybridized carbons (Fsp3) is 0.417. The Morgan fingerprint density at radius 1 is 1.61 bits per heavy atom. The number of nitrogens with one attached hydrogen (secondary N) is 1. The van der Waals surface area contributed by atoms with E-state index in [0.29, 0.717) is 13.0 Å². The maximum Gasteiger partial charge on any atom is 0.141 e. The summed E-state index contributed by atoms with van der Waals surface area (Å²) in [6.07, 6.45) is 1.30. The van der Waals surface area contributed by atoms with Gasteiger partial charge < -0.3 is 16.3 Å². The highest BCUT2D eigenvalue weighted by Gasteiger charge is 2.09. The zero-order valence-corrected chi connectivity index (χ0v) is 10.9. The van der Waals surface area contributed by atoms with Gasteiger partial charge in [0.05, 0.1) is 5.02 Å². The van der Waals surface area contributed by atoms with Crippen molar-refractivity contribution in [3.63, 3.8) is 0 Å². The summed E-state index contributed by atoms with van der Waals surface area (Å²) in [5.74, 6) is -0.240. The summed E-state index contributed by atoms with van der Waals surface area (Å²) in [4.78, 5) is 0. The second kappa shape index (κ2) is 7.18. The van der Waals surface area contributed by atoms with Gasteiger partial charge in [0.15, 0.2) is 0 Å². The van der Waals surface area contributed by atoms with Crippen molar-refractivity contribution in [3.05, 3.63) is 34.6 Å². The molecule has 0 heterocycles.